The second kappa shape index (κ2) is 6.54. The molecule has 0 saturated carbocycles. The van der Waals surface area contributed by atoms with E-state index in [1.807, 2.05) is 0 Å². The van der Waals surface area contributed by atoms with Crippen LogP contribution in [0.4, 0.5) is 0 Å². The number of aliphatic carboxylic acids is 1. The number of hydrogen-bond acceptors (Lipinski definition) is 3. The number of carboxylic acids is 1. The van der Waals surface area contributed by atoms with Gasteiger partial charge in [-0.3, -0.25) is 9.59 Å². The van der Waals surface area contributed by atoms with Crippen molar-refractivity contribution in [2.24, 2.45) is 11.8 Å². The lowest BCUT2D eigenvalue weighted by molar-refractivity contribution is -0.144. The van der Waals surface area contributed by atoms with E-state index in [9.17, 15) is 14.4 Å². The van der Waals surface area contributed by atoms with E-state index in [0.29, 0.717) is 25.9 Å². The molecule has 0 radical (unpaired) electrons. The summed E-state index contributed by atoms with van der Waals surface area (Å²) < 4.78 is 0. The standard InChI is InChI=1S/C13H22N2O4/c1-8(2)11(13(18)19)14-12(17)10-4-6-15(7-5-10)9(3)16/h8,10-11H,4-7H2,1-3H3,(H,14,17)(H,18,19). The second-order valence-corrected chi connectivity index (χ2v) is 5.35. The van der Waals surface area contributed by atoms with E-state index in [4.69, 9.17) is 5.11 Å². The van der Waals surface area contributed by atoms with Crippen LogP contribution >= 0.6 is 0 Å². The monoisotopic (exact) mass is 270 g/mol. The Bertz CT molecular complexity index is 360. The van der Waals surface area contributed by atoms with Gasteiger partial charge in [0.15, 0.2) is 0 Å². The van der Waals surface area contributed by atoms with Gasteiger partial charge in [-0.15, -0.1) is 0 Å². The molecule has 6 nitrogen and oxygen atoms in total. The van der Waals surface area contributed by atoms with Gasteiger partial charge in [-0.2, -0.15) is 0 Å². The van der Waals surface area contributed by atoms with E-state index in [2.05, 4.69) is 5.32 Å². The number of amides is 2. The molecule has 0 aliphatic carbocycles. The van der Waals surface area contributed by atoms with E-state index in [-0.39, 0.29) is 23.7 Å². The van der Waals surface area contributed by atoms with E-state index in [1.165, 1.54) is 6.92 Å². The van der Waals surface area contributed by atoms with Crippen molar-refractivity contribution in [3.05, 3.63) is 0 Å². The Morgan fingerprint density at radius 1 is 1.21 bits per heavy atom. The highest BCUT2D eigenvalue weighted by molar-refractivity contribution is 5.85. The summed E-state index contributed by atoms with van der Waals surface area (Å²) in [6, 6.07) is -0.849. The molecule has 1 unspecified atom stereocenters. The summed E-state index contributed by atoms with van der Waals surface area (Å²) >= 11 is 0. The highest BCUT2D eigenvalue weighted by Crippen LogP contribution is 2.18. The summed E-state index contributed by atoms with van der Waals surface area (Å²) in [5, 5.41) is 11.6. The topological polar surface area (TPSA) is 86.7 Å². The van der Waals surface area contributed by atoms with E-state index >= 15 is 0 Å². The largest absolute Gasteiger partial charge is 0.480 e. The van der Waals surface area contributed by atoms with Crippen LogP contribution in [0, 0.1) is 11.8 Å². The predicted molar refractivity (Wildman–Crippen MR) is 69.4 cm³/mol. The Labute approximate surface area is 113 Å². The molecule has 1 aliphatic heterocycles. The molecule has 1 fully saturated rings. The molecule has 19 heavy (non-hydrogen) atoms. The third-order valence-corrected chi connectivity index (χ3v) is 3.54. The van der Waals surface area contributed by atoms with Crippen molar-refractivity contribution in [1.82, 2.24) is 10.2 Å². The Hall–Kier alpha value is -1.59. The first-order chi connectivity index (χ1) is 8.82. The fourth-order valence-corrected chi connectivity index (χ4v) is 2.24. The van der Waals surface area contributed by atoms with Gasteiger partial charge in [0.05, 0.1) is 0 Å². The van der Waals surface area contributed by atoms with Crippen LogP contribution in [-0.2, 0) is 14.4 Å². The Morgan fingerprint density at radius 2 is 1.74 bits per heavy atom. The van der Waals surface area contributed by atoms with Gasteiger partial charge < -0.3 is 15.3 Å². The van der Waals surface area contributed by atoms with Gasteiger partial charge in [0, 0.05) is 25.9 Å². The molecule has 2 amide bonds. The van der Waals surface area contributed by atoms with E-state index in [1.54, 1.807) is 18.7 Å². The first kappa shape index (κ1) is 15.5. The molecule has 1 aliphatic rings. The average molecular weight is 270 g/mol. The summed E-state index contributed by atoms with van der Waals surface area (Å²) in [5.74, 6) is -1.56. The minimum atomic E-state index is -1.01. The Kier molecular flexibility index (Phi) is 5.32. The molecule has 0 aromatic heterocycles. The fourth-order valence-electron chi connectivity index (χ4n) is 2.24. The maximum Gasteiger partial charge on any atom is 0.326 e. The quantitative estimate of drug-likeness (QED) is 0.777. The van der Waals surface area contributed by atoms with Crippen LogP contribution < -0.4 is 5.32 Å². The van der Waals surface area contributed by atoms with Crippen molar-refractivity contribution in [1.29, 1.82) is 0 Å². The number of carbonyl (C=O) groups is 3. The van der Waals surface area contributed by atoms with Crippen LogP contribution in [0.5, 0.6) is 0 Å². The molecule has 0 aromatic carbocycles. The molecule has 1 atom stereocenters. The van der Waals surface area contributed by atoms with Crippen LogP contribution in [0.2, 0.25) is 0 Å². The molecule has 108 valence electrons. The highest BCUT2D eigenvalue weighted by atomic mass is 16.4. The van der Waals surface area contributed by atoms with Gasteiger partial charge >= 0.3 is 5.97 Å². The maximum absolute atomic E-state index is 12.0. The molecule has 1 rings (SSSR count). The maximum atomic E-state index is 12.0. The SMILES string of the molecule is CC(=O)N1CCC(C(=O)NC(C(=O)O)C(C)C)CC1. The summed E-state index contributed by atoms with van der Waals surface area (Å²) in [7, 11) is 0. The number of piperidine rings is 1. The zero-order valence-corrected chi connectivity index (χ0v) is 11.7. The smallest absolute Gasteiger partial charge is 0.326 e. The van der Waals surface area contributed by atoms with Gasteiger partial charge in [-0.05, 0) is 18.8 Å². The number of rotatable bonds is 4. The van der Waals surface area contributed by atoms with Crippen molar-refractivity contribution < 1.29 is 19.5 Å². The minimum absolute atomic E-state index is 0.0180. The second-order valence-electron chi connectivity index (χ2n) is 5.35. The van der Waals surface area contributed by atoms with Crippen LogP contribution in [0.25, 0.3) is 0 Å². The first-order valence-corrected chi connectivity index (χ1v) is 6.61. The zero-order chi connectivity index (χ0) is 14.6. The molecule has 1 heterocycles. The number of nitrogens with zero attached hydrogens (tertiary/aromatic N) is 1. The molecule has 2 N–H and O–H groups in total. The summed E-state index contributed by atoms with van der Waals surface area (Å²) in [6.07, 6.45) is 1.19. The van der Waals surface area contributed by atoms with Crippen molar-refractivity contribution in [3.8, 4) is 0 Å². The van der Waals surface area contributed by atoms with Crippen molar-refractivity contribution in [2.75, 3.05) is 13.1 Å². The predicted octanol–water partition coefficient (Wildman–Crippen LogP) is 0.470. The molecular weight excluding hydrogens is 248 g/mol. The summed E-state index contributed by atoms with van der Waals surface area (Å²) in [4.78, 5) is 35.9. The summed E-state index contributed by atoms with van der Waals surface area (Å²) in [5.41, 5.74) is 0. The molecule has 1 saturated heterocycles. The van der Waals surface area contributed by atoms with Crippen molar-refractivity contribution >= 4 is 17.8 Å². The third-order valence-electron chi connectivity index (χ3n) is 3.54. The number of carboxylic acid groups (broad SMARTS) is 1. The first-order valence-electron chi connectivity index (χ1n) is 6.61. The Morgan fingerprint density at radius 3 is 2.11 bits per heavy atom. The van der Waals surface area contributed by atoms with Gasteiger partial charge in [0.1, 0.15) is 6.04 Å². The molecule has 0 aromatic rings. The van der Waals surface area contributed by atoms with Crippen LogP contribution in [0.1, 0.15) is 33.6 Å². The normalized spacial score (nSPS) is 18.2. The lowest BCUT2D eigenvalue weighted by Crippen LogP contribution is -2.49. The highest BCUT2D eigenvalue weighted by Gasteiger charge is 2.30. The Balaban J connectivity index is 2.51. The van der Waals surface area contributed by atoms with Gasteiger partial charge in [-0.1, -0.05) is 13.8 Å². The number of hydrogen-bond donors (Lipinski definition) is 2. The van der Waals surface area contributed by atoms with Crippen LogP contribution in [0.3, 0.4) is 0 Å². The zero-order valence-electron chi connectivity index (χ0n) is 11.7. The van der Waals surface area contributed by atoms with Crippen LogP contribution in [-0.4, -0.2) is 46.9 Å². The lowest BCUT2D eigenvalue weighted by Gasteiger charge is -2.31. The molecule has 0 spiro atoms. The van der Waals surface area contributed by atoms with Crippen molar-refractivity contribution in [3.63, 3.8) is 0 Å². The number of nitrogens with one attached hydrogen (secondary N) is 1. The van der Waals surface area contributed by atoms with Gasteiger partial charge in [0.2, 0.25) is 11.8 Å². The van der Waals surface area contributed by atoms with Crippen molar-refractivity contribution in [2.45, 2.75) is 39.7 Å². The number of likely N-dealkylation sites (tertiary alicyclic amines) is 1. The average Bonchev–Trinajstić information content (AvgIpc) is 2.34. The lowest BCUT2D eigenvalue weighted by atomic mass is 9.94. The van der Waals surface area contributed by atoms with E-state index < -0.39 is 12.0 Å². The number of carbonyl (C=O) groups excluding carboxylic acids is 2. The molecule has 6 heteroatoms. The van der Waals surface area contributed by atoms with Crippen LogP contribution in [0.15, 0.2) is 0 Å². The molecule has 0 bridgehead atoms. The summed E-state index contributed by atoms with van der Waals surface area (Å²) in [6.45, 7) is 6.16. The molecular formula is C13H22N2O4. The third kappa shape index (κ3) is 4.22. The van der Waals surface area contributed by atoms with Gasteiger partial charge in [-0.25, -0.2) is 4.79 Å². The van der Waals surface area contributed by atoms with Gasteiger partial charge in [0.25, 0.3) is 0 Å². The minimum Gasteiger partial charge on any atom is -0.480 e. The van der Waals surface area contributed by atoms with E-state index in [0.717, 1.165) is 0 Å². The fraction of sp³-hybridized carbons (Fsp3) is 0.769.